The van der Waals surface area contributed by atoms with Crippen LogP contribution in [0.1, 0.15) is 61.4 Å². The van der Waals surface area contributed by atoms with Crippen molar-refractivity contribution in [2.75, 3.05) is 6.54 Å². The van der Waals surface area contributed by atoms with Gasteiger partial charge in [-0.3, -0.25) is 14.6 Å². The lowest BCUT2D eigenvalue weighted by Gasteiger charge is -2.20. The molecule has 0 aliphatic carbocycles. The van der Waals surface area contributed by atoms with Crippen molar-refractivity contribution in [3.8, 4) is 0 Å². The maximum Gasteiger partial charge on any atom is 0.270 e. The summed E-state index contributed by atoms with van der Waals surface area (Å²) >= 11 is 0. The summed E-state index contributed by atoms with van der Waals surface area (Å²) in [6.45, 7) is 8.39. The fraction of sp³-hybridized carbons (Fsp3) is 0.533. The number of unbranched alkanes of at least 4 members (excludes halogenated alkanes) is 1. The van der Waals surface area contributed by atoms with Crippen molar-refractivity contribution in [1.82, 2.24) is 15.6 Å². The van der Waals surface area contributed by atoms with E-state index in [0.29, 0.717) is 12.1 Å². The highest BCUT2D eigenvalue weighted by Gasteiger charge is 2.17. The number of pyridine rings is 1. The lowest BCUT2D eigenvalue weighted by atomic mass is 10.1. The molecule has 5 heteroatoms. The SMILES string of the molecule is CCCCNC(=O)c1ccnc(C(=O)NC(C)(C)C)c1. The second-order valence-electron chi connectivity index (χ2n) is 5.74. The highest BCUT2D eigenvalue weighted by atomic mass is 16.2. The molecular weight excluding hydrogens is 254 g/mol. The Morgan fingerprint density at radius 2 is 1.95 bits per heavy atom. The Morgan fingerprint density at radius 3 is 2.55 bits per heavy atom. The smallest absolute Gasteiger partial charge is 0.270 e. The van der Waals surface area contributed by atoms with Crippen LogP contribution in [0.25, 0.3) is 0 Å². The van der Waals surface area contributed by atoms with Gasteiger partial charge in [0.15, 0.2) is 0 Å². The third-order valence-electron chi connectivity index (χ3n) is 2.56. The lowest BCUT2D eigenvalue weighted by Crippen LogP contribution is -2.41. The van der Waals surface area contributed by atoms with Crippen molar-refractivity contribution in [1.29, 1.82) is 0 Å². The van der Waals surface area contributed by atoms with E-state index in [9.17, 15) is 9.59 Å². The number of hydrogen-bond acceptors (Lipinski definition) is 3. The third kappa shape index (κ3) is 5.38. The fourth-order valence-electron chi connectivity index (χ4n) is 1.58. The highest BCUT2D eigenvalue weighted by molar-refractivity contribution is 5.98. The lowest BCUT2D eigenvalue weighted by molar-refractivity contribution is 0.0914. The molecule has 0 saturated heterocycles. The largest absolute Gasteiger partial charge is 0.352 e. The molecular formula is C15H23N3O2. The molecule has 2 amide bonds. The molecule has 0 atom stereocenters. The number of nitrogens with zero attached hydrogens (tertiary/aromatic N) is 1. The normalized spacial score (nSPS) is 11.0. The number of aromatic nitrogens is 1. The number of carbonyl (C=O) groups excluding carboxylic acids is 2. The van der Waals surface area contributed by atoms with Crippen LogP contribution in [-0.4, -0.2) is 28.9 Å². The molecule has 0 aliphatic heterocycles. The van der Waals surface area contributed by atoms with E-state index in [1.807, 2.05) is 20.8 Å². The van der Waals surface area contributed by atoms with Crippen LogP contribution in [-0.2, 0) is 0 Å². The Balaban J connectivity index is 2.75. The zero-order valence-electron chi connectivity index (χ0n) is 12.6. The highest BCUT2D eigenvalue weighted by Crippen LogP contribution is 2.05. The van der Waals surface area contributed by atoms with Crippen molar-refractivity contribution >= 4 is 11.8 Å². The molecule has 0 bridgehead atoms. The molecule has 0 saturated carbocycles. The summed E-state index contributed by atoms with van der Waals surface area (Å²) in [6, 6.07) is 3.12. The molecule has 1 rings (SSSR count). The summed E-state index contributed by atoms with van der Waals surface area (Å²) < 4.78 is 0. The minimum absolute atomic E-state index is 0.175. The van der Waals surface area contributed by atoms with Crippen LogP contribution in [0.3, 0.4) is 0 Å². The number of rotatable bonds is 5. The first kappa shape index (κ1) is 16.1. The van der Waals surface area contributed by atoms with Crippen LogP contribution in [0, 0.1) is 0 Å². The monoisotopic (exact) mass is 277 g/mol. The van der Waals surface area contributed by atoms with Crippen molar-refractivity contribution in [3.05, 3.63) is 29.6 Å². The molecule has 0 spiro atoms. The van der Waals surface area contributed by atoms with Crippen molar-refractivity contribution in [3.63, 3.8) is 0 Å². The maximum atomic E-state index is 12.0. The Morgan fingerprint density at radius 1 is 1.25 bits per heavy atom. The van der Waals surface area contributed by atoms with Crippen molar-refractivity contribution in [2.45, 2.75) is 46.1 Å². The molecule has 110 valence electrons. The van der Waals surface area contributed by atoms with Gasteiger partial charge in [0.2, 0.25) is 0 Å². The number of amides is 2. The van der Waals surface area contributed by atoms with Crippen LogP contribution in [0.15, 0.2) is 18.3 Å². The Kier molecular flexibility index (Phi) is 5.67. The van der Waals surface area contributed by atoms with Crippen LogP contribution >= 0.6 is 0 Å². The van der Waals surface area contributed by atoms with Gasteiger partial charge in [-0.2, -0.15) is 0 Å². The fourth-order valence-corrected chi connectivity index (χ4v) is 1.58. The van der Waals surface area contributed by atoms with Gasteiger partial charge < -0.3 is 10.6 Å². The number of nitrogens with one attached hydrogen (secondary N) is 2. The minimum Gasteiger partial charge on any atom is -0.352 e. The van der Waals surface area contributed by atoms with E-state index in [0.717, 1.165) is 12.8 Å². The summed E-state index contributed by atoms with van der Waals surface area (Å²) in [7, 11) is 0. The van der Waals surface area contributed by atoms with Gasteiger partial charge in [-0.25, -0.2) is 0 Å². The molecule has 2 N–H and O–H groups in total. The molecule has 1 heterocycles. The van der Waals surface area contributed by atoms with Crippen LogP contribution in [0.4, 0.5) is 0 Å². The van der Waals surface area contributed by atoms with Crippen molar-refractivity contribution < 1.29 is 9.59 Å². The average molecular weight is 277 g/mol. The number of carbonyl (C=O) groups is 2. The summed E-state index contributed by atoms with van der Waals surface area (Å²) in [5, 5.41) is 5.64. The molecule has 5 nitrogen and oxygen atoms in total. The second kappa shape index (κ2) is 7.03. The quantitative estimate of drug-likeness (QED) is 0.810. The summed E-state index contributed by atoms with van der Waals surface area (Å²) in [5.74, 6) is -0.452. The first-order valence-electron chi connectivity index (χ1n) is 6.90. The third-order valence-corrected chi connectivity index (χ3v) is 2.56. The minimum atomic E-state index is -0.335. The van der Waals surface area contributed by atoms with E-state index in [2.05, 4.69) is 22.5 Å². The predicted octanol–water partition coefficient (Wildman–Crippen LogP) is 2.14. The van der Waals surface area contributed by atoms with Gasteiger partial charge in [0.25, 0.3) is 11.8 Å². The summed E-state index contributed by atoms with van der Waals surface area (Å²) in [6.07, 6.45) is 3.44. The molecule has 0 aliphatic rings. The standard InChI is InChI=1S/C15H23N3O2/c1-5-6-8-17-13(19)11-7-9-16-12(10-11)14(20)18-15(2,3)4/h7,9-10H,5-6,8H2,1-4H3,(H,17,19)(H,18,20). The molecule has 0 radical (unpaired) electrons. The van der Waals surface area contributed by atoms with Gasteiger partial charge in [0, 0.05) is 23.8 Å². The summed E-state index contributed by atoms with van der Waals surface area (Å²) in [5.41, 5.74) is 0.372. The average Bonchev–Trinajstić information content (AvgIpc) is 2.37. The molecule has 1 aromatic rings. The molecule has 1 aromatic heterocycles. The van der Waals surface area contributed by atoms with Crippen LogP contribution < -0.4 is 10.6 Å². The van der Waals surface area contributed by atoms with E-state index in [1.165, 1.54) is 12.3 Å². The van der Waals surface area contributed by atoms with Crippen LogP contribution in [0.5, 0.6) is 0 Å². The Hall–Kier alpha value is -1.91. The zero-order chi connectivity index (χ0) is 15.2. The van der Waals surface area contributed by atoms with E-state index in [1.54, 1.807) is 6.07 Å². The van der Waals surface area contributed by atoms with Gasteiger partial charge in [-0.05, 0) is 39.3 Å². The van der Waals surface area contributed by atoms with E-state index < -0.39 is 0 Å². The zero-order valence-corrected chi connectivity index (χ0v) is 12.6. The first-order valence-corrected chi connectivity index (χ1v) is 6.90. The van der Waals surface area contributed by atoms with Crippen LogP contribution in [0.2, 0.25) is 0 Å². The predicted molar refractivity (Wildman–Crippen MR) is 78.7 cm³/mol. The Bertz CT molecular complexity index is 478. The maximum absolute atomic E-state index is 12.0. The molecule has 0 unspecified atom stereocenters. The topological polar surface area (TPSA) is 71.1 Å². The molecule has 0 aromatic carbocycles. The second-order valence-corrected chi connectivity index (χ2v) is 5.74. The van der Waals surface area contributed by atoms with Gasteiger partial charge in [-0.1, -0.05) is 13.3 Å². The summed E-state index contributed by atoms with van der Waals surface area (Å²) in [4.78, 5) is 27.9. The molecule has 20 heavy (non-hydrogen) atoms. The van der Waals surface area contributed by atoms with Gasteiger partial charge in [0.05, 0.1) is 0 Å². The van der Waals surface area contributed by atoms with Crippen molar-refractivity contribution in [2.24, 2.45) is 0 Å². The van der Waals surface area contributed by atoms with E-state index in [4.69, 9.17) is 0 Å². The van der Waals surface area contributed by atoms with Gasteiger partial charge >= 0.3 is 0 Å². The van der Waals surface area contributed by atoms with Gasteiger partial charge in [0.1, 0.15) is 5.69 Å². The number of hydrogen-bond donors (Lipinski definition) is 2. The van der Waals surface area contributed by atoms with E-state index in [-0.39, 0.29) is 23.0 Å². The molecule has 0 fully saturated rings. The Labute approximate surface area is 120 Å². The van der Waals surface area contributed by atoms with E-state index >= 15 is 0 Å². The first-order chi connectivity index (χ1) is 9.33. The van der Waals surface area contributed by atoms with Gasteiger partial charge in [-0.15, -0.1) is 0 Å².